The van der Waals surface area contributed by atoms with Gasteiger partial charge in [-0.2, -0.15) is 0 Å². The fourth-order valence-electron chi connectivity index (χ4n) is 3.37. The average Bonchev–Trinajstić information content (AvgIpc) is 3.43. The Balaban J connectivity index is 1.61. The van der Waals surface area contributed by atoms with E-state index in [9.17, 15) is 18.7 Å². The van der Waals surface area contributed by atoms with Gasteiger partial charge >= 0.3 is 5.97 Å². The summed E-state index contributed by atoms with van der Waals surface area (Å²) in [7, 11) is 0. The smallest absolute Gasteiger partial charge is 0.337 e. The monoisotopic (exact) mass is 406 g/mol. The Morgan fingerprint density at radius 1 is 1.13 bits per heavy atom. The number of halogens is 2. The summed E-state index contributed by atoms with van der Waals surface area (Å²) < 4.78 is 29.2. The minimum atomic E-state index is -1.00. The van der Waals surface area contributed by atoms with Gasteiger partial charge in [0, 0.05) is 29.6 Å². The van der Waals surface area contributed by atoms with Crippen molar-refractivity contribution in [1.29, 1.82) is 0 Å². The summed E-state index contributed by atoms with van der Waals surface area (Å²) in [6.07, 6.45) is 5.23. The molecule has 30 heavy (non-hydrogen) atoms. The Bertz CT molecular complexity index is 1300. The lowest BCUT2D eigenvalue weighted by molar-refractivity contribution is 0.0698. The zero-order valence-corrected chi connectivity index (χ0v) is 15.6. The van der Waals surface area contributed by atoms with E-state index in [4.69, 9.17) is 0 Å². The maximum atomic E-state index is 14.2. The summed E-state index contributed by atoms with van der Waals surface area (Å²) in [5.41, 5.74) is 2.94. The first kappa shape index (κ1) is 18.2. The van der Waals surface area contributed by atoms with Crippen molar-refractivity contribution in [3.05, 3.63) is 72.1 Å². The van der Waals surface area contributed by atoms with E-state index < -0.39 is 17.6 Å². The SMILES string of the molecule is O=C(O)c1ccc(-n2ccc3ncc(-c4ccc(F)cc4F)nc32)cc1NC1CC1. The van der Waals surface area contributed by atoms with Gasteiger partial charge in [0.05, 0.1) is 23.1 Å². The van der Waals surface area contributed by atoms with Gasteiger partial charge in [-0.25, -0.2) is 18.6 Å². The molecule has 0 spiro atoms. The van der Waals surface area contributed by atoms with Crippen LogP contribution in [-0.4, -0.2) is 31.7 Å². The van der Waals surface area contributed by atoms with Crippen molar-refractivity contribution < 1.29 is 18.7 Å². The quantitative estimate of drug-likeness (QED) is 0.505. The highest BCUT2D eigenvalue weighted by Crippen LogP contribution is 2.30. The number of aromatic carboxylic acids is 1. The fourth-order valence-corrected chi connectivity index (χ4v) is 3.37. The van der Waals surface area contributed by atoms with E-state index in [1.807, 2.05) is 0 Å². The molecular weight excluding hydrogens is 390 g/mol. The van der Waals surface area contributed by atoms with Crippen LogP contribution in [0.2, 0.25) is 0 Å². The number of aromatic nitrogens is 3. The third kappa shape index (κ3) is 3.26. The molecule has 6 nitrogen and oxygen atoms in total. The highest BCUT2D eigenvalue weighted by molar-refractivity contribution is 5.95. The molecule has 4 aromatic rings. The zero-order valence-electron chi connectivity index (χ0n) is 15.6. The van der Waals surface area contributed by atoms with Crippen molar-refractivity contribution in [2.24, 2.45) is 0 Å². The highest BCUT2D eigenvalue weighted by Gasteiger charge is 2.23. The molecule has 0 radical (unpaired) electrons. The molecular formula is C22H16F2N4O2. The van der Waals surface area contributed by atoms with Crippen LogP contribution in [0, 0.1) is 11.6 Å². The van der Waals surface area contributed by atoms with Crippen LogP contribution in [0.4, 0.5) is 14.5 Å². The van der Waals surface area contributed by atoms with Crippen LogP contribution >= 0.6 is 0 Å². The molecule has 2 aromatic carbocycles. The van der Waals surface area contributed by atoms with Gasteiger partial charge in [-0.3, -0.25) is 9.55 Å². The van der Waals surface area contributed by atoms with Gasteiger partial charge in [-0.15, -0.1) is 0 Å². The largest absolute Gasteiger partial charge is 0.478 e. The second-order valence-electron chi connectivity index (χ2n) is 7.23. The molecule has 8 heteroatoms. The molecule has 1 saturated carbocycles. The first-order chi connectivity index (χ1) is 14.5. The molecule has 0 bridgehead atoms. The van der Waals surface area contributed by atoms with Gasteiger partial charge in [-0.05, 0) is 49.2 Å². The van der Waals surface area contributed by atoms with E-state index in [-0.39, 0.29) is 22.9 Å². The number of hydrogen-bond acceptors (Lipinski definition) is 4. The van der Waals surface area contributed by atoms with Crippen molar-refractivity contribution >= 4 is 22.8 Å². The van der Waals surface area contributed by atoms with Crippen LogP contribution in [0.3, 0.4) is 0 Å². The van der Waals surface area contributed by atoms with Crippen molar-refractivity contribution in [2.75, 3.05) is 5.32 Å². The standard InChI is InChI=1S/C22H16F2N4O2/c23-12-1-5-15(17(24)9-12)20-11-25-18-7-8-28(21(18)27-20)14-4-6-16(22(29)30)19(10-14)26-13-2-3-13/h1,4-11,13,26H,2-3H2,(H,29,30). The van der Waals surface area contributed by atoms with Crippen LogP contribution < -0.4 is 5.32 Å². The number of benzene rings is 2. The lowest BCUT2D eigenvalue weighted by Gasteiger charge is -2.12. The molecule has 0 unspecified atom stereocenters. The minimum absolute atomic E-state index is 0.149. The van der Waals surface area contributed by atoms with E-state index in [1.165, 1.54) is 18.3 Å². The normalized spacial score (nSPS) is 13.5. The number of carboxylic acid groups (broad SMARTS) is 1. The molecule has 2 heterocycles. The number of carbonyl (C=O) groups is 1. The fraction of sp³-hybridized carbons (Fsp3) is 0.136. The highest BCUT2D eigenvalue weighted by atomic mass is 19.1. The zero-order chi connectivity index (χ0) is 20.8. The lowest BCUT2D eigenvalue weighted by Crippen LogP contribution is -2.09. The van der Waals surface area contributed by atoms with E-state index in [1.54, 1.807) is 35.0 Å². The Labute approximate surface area is 169 Å². The lowest BCUT2D eigenvalue weighted by atomic mass is 10.1. The van der Waals surface area contributed by atoms with Crippen LogP contribution in [0.25, 0.3) is 28.1 Å². The molecule has 0 aliphatic heterocycles. The first-order valence-electron chi connectivity index (χ1n) is 9.43. The maximum absolute atomic E-state index is 14.2. The summed E-state index contributed by atoms with van der Waals surface area (Å²) in [4.78, 5) is 20.4. The molecule has 2 N–H and O–H groups in total. The summed E-state index contributed by atoms with van der Waals surface area (Å²) in [5, 5.41) is 12.7. The third-order valence-corrected chi connectivity index (χ3v) is 5.05. The minimum Gasteiger partial charge on any atom is -0.478 e. The Morgan fingerprint density at radius 2 is 1.97 bits per heavy atom. The molecule has 1 fully saturated rings. The predicted octanol–water partition coefficient (Wildman–Crippen LogP) is 4.64. The van der Waals surface area contributed by atoms with Crippen molar-refractivity contribution in [2.45, 2.75) is 18.9 Å². The van der Waals surface area contributed by atoms with Crippen LogP contribution in [0.1, 0.15) is 23.2 Å². The molecule has 2 aromatic heterocycles. The molecule has 1 aliphatic rings. The van der Waals surface area contributed by atoms with Gasteiger partial charge in [0.15, 0.2) is 5.65 Å². The van der Waals surface area contributed by atoms with Crippen molar-refractivity contribution in [3.63, 3.8) is 0 Å². The summed E-state index contributed by atoms with van der Waals surface area (Å²) >= 11 is 0. The molecule has 0 atom stereocenters. The molecule has 150 valence electrons. The number of rotatable bonds is 5. The number of anilines is 1. The maximum Gasteiger partial charge on any atom is 0.337 e. The third-order valence-electron chi connectivity index (χ3n) is 5.05. The first-order valence-corrected chi connectivity index (χ1v) is 9.43. The number of fused-ring (bicyclic) bond motifs is 1. The van der Waals surface area contributed by atoms with E-state index in [0.29, 0.717) is 22.5 Å². The number of nitrogens with zero attached hydrogens (tertiary/aromatic N) is 3. The van der Waals surface area contributed by atoms with Gasteiger partial charge in [0.2, 0.25) is 0 Å². The van der Waals surface area contributed by atoms with Gasteiger partial charge in [0.25, 0.3) is 0 Å². The summed E-state index contributed by atoms with van der Waals surface area (Å²) in [5.74, 6) is -2.39. The predicted molar refractivity (Wildman–Crippen MR) is 108 cm³/mol. The average molecular weight is 406 g/mol. The van der Waals surface area contributed by atoms with Crippen LogP contribution in [0.5, 0.6) is 0 Å². The Kier molecular flexibility index (Phi) is 4.20. The number of nitrogens with one attached hydrogen (secondary N) is 1. The second-order valence-corrected chi connectivity index (χ2v) is 7.23. The van der Waals surface area contributed by atoms with Gasteiger partial charge < -0.3 is 10.4 Å². The summed E-state index contributed by atoms with van der Waals surface area (Å²) in [6.45, 7) is 0. The molecule has 5 rings (SSSR count). The number of hydrogen-bond donors (Lipinski definition) is 2. The Morgan fingerprint density at radius 3 is 2.70 bits per heavy atom. The number of carboxylic acids is 1. The van der Waals surface area contributed by atoms with E-state index in [0.717, 1.165) is 18.9 Å². The van der Waals surface area contributed by atoms with Gasteiger partial charge in [-0.1, -0.05) is 0 Å². The van der Waals surface area contributed by atoms with Gasteiger partial charge in [0.1, 0.15) is 17.2 Å². The Hall–Kier alpha value is -3.81. The van der Waals surface area contributed by atoms with E-state index >= 15 is 0 Å². The summed E-state index contributed by atoms with van der Waals surface area (Å²) in [6, 6.07) is 10.4. The van der Waals surface area contributed by atoms with Crippen molar-refractivity contribution in [1.82, 2.24) is 14.5 Å². The molecule has 0 amide bonds. The van der Waals surface area contributed by atoms with E-state index in [2.05, 4.69) is 15.3 Å². The van der Waals surface area contributed by atoms with Crippen LogP contribution in [0.15, 0.2) is 54.9 Å². The topological polar surface area (TPSA) is 80.0 Å². The molecule has 1 aliphatic carbocycles. The molecule has 0 saturated heterocycles. The van der Waals surface area contributed by atoms with Crippen molar-refractivity contribution in [3.8, 4) is 16.9 Å². The second kappa shape index (κ2) is 6.91. The van der Waals surface area contributed by atoms with Crippen LogP contribution in [-0.2, 0) is 0 Å².